The molecular formula is C23H30IN3O2. The second-order valence-electron chi connectivity index (χ2n) is 6.77. The minimum atomic E-state index is -0.639. The number of aliphatic hydroxyl groups excluding tert-OH is 1. The lowest BCUT2D eigenvalue weighted by Gasteiger charge is -2.30. The van der Waals surface area contributed by atoms with E-state index in [0.717, 1.165) is 43.3 Å². The van der Waals surface area contributed by atoms with Crippen LogP contribution in [0.3, 0.4) is 0 Å². The van der Waals surface area contributed by atoms with Gasteiger partial charge in [-0.15, -0.1) is 24.0 Å². The second-order valence-corrected chi connectivity index (χ2v) is 6.77. The van der Waals surface area contributed by atoms with Crippen LogP contribution in [0.5, 0.6) is 5.75 Å². The number of aliphatic hydroxyl groups is 1. The zero-order valence-electron chi connectivity index (χ0n) is 17.0. The zero-order valence-corrected chi connectivity index (χ0v) is 19.4. The van der Waals surface area contributed by atoms with Gasteiger partial charge >= 0.3 is 0 Å². The van der Waals surface area contributed by atoms with E-state index in [1.54, 1.807) is 7.11 Å². The number of methoxy groups -OCH3 is 1. The van der Waals surface area contributed by atoms with E-state index >= 15 is 0 Å². The lowest BCUT2D eigenvalue weighted by molar-refractivity contribution is 0.186. The van der Waals surface area contributed by atoms with Gasteiger partial charge in [-0.05, 0) is 42.2 Å². The van der Waals surface area contributed by atoms with Gasteiger partial charge in [0, 0.05) is 19.6 Å². The number of nitrogens with zero attached hydrogens (tertiary/aromatic N) is 2. The summed E-state index contributed by atoms with van der Waals surface area (Å²) in [7, 11) is 1.63. The first kappa shape index (κ1) is 23.2. The predicted molar refractivity (Wildman–Crippen MR) is 130 cm³/mol. The van der Waals surface area contributed by atoms with Gasteiger partial charge in [-0.1, -0.05) is 48.5 Å². The Labute approximate surface area is 190 Å². The summed E-state index contributed by atoms with van der Waals surface area (Å²) in [4.78, 5) is 6.91. The molecule has 0 aliphatic carbocycles. The molecule has 0 amide bonds. The summed E-state index contributed by atoms with van der Waals surface area (Å²) in [5, 5.41) is 13.8. The Hall–Kier alpha value is -2.06. The summed E-state index contributed by atoms with van der Waals surface area (Å²) in [6, 6.07) is 18.0. The summed E-state index contributed by atoms with van der Waals surface area (Å²) in [6.07, 6.45) is 2.61. The lowest BCUT2D eigenvalue weighted by Crippen LogP contribution is -2.43. The molecule has 0 radical (unpaired) electrons. The fourth-order valence-electron chi connectivity index (χ4n) is 3.31. The van der Waals surface area contributed by atoms with Crippen molar-refractivity contribution in [3.63, 3.8) is 0 Å². The molecule has 0 saturated carbocycles. The van der Waals surface area contributed by atoms with Gasteiger partial charge in [-0.3, -0.25) is 4.99 Å². The largest absolute Gasteiger partial charge is 0.497 e. The zero-order chi connectivity index (χ0) is 19.8. The molecule has 0 fully saturated rings. The Morgan fingerprint density at radius 2 is 1.90 bits per heavy atom. The van der Waals surface area contributed by atoms with Gasteiger partial charge in [-0.2, -0.15) is 0 Å². The van der Waals surface area contributed by atoms with Crippen LogP contribution in [0.2, 0.25) is 0 Å². The molecule has 2 aromatic rings. The van der Waals surface area contributed by atoms with Crippen molar-refractivity contribution in [3.8, 4) is 5.75 Å². The molecule has 0 saturated heterocycles. The van der Waals surface area contributed by atoms with E-state index in [9.17, 15) is 5.11 Å². The van der Waals surface area contributed by atoms with Crippen molar-refractivity contribution in [1.29, 1.82) is 0 Å². The van der Waals surface area contributed by atoms with Crippen LogP contribution >= 0.6 is 24.0 Å². The molecular weight excluding hydrogens is 477 g/mol. The fourth-order valence-corrected chi connectivity index (χ4v) is 3.31. The summed E-state index contributed by atoms with van der Waals surface area (Å²) in [5.41, 5.74) is 3.51. The molecule has 0 bridgehead atoms. The third kappa shape index (κ3) is 6.47. The van der Waals surface area contributed by atoms with Gasteiger partial charge in [0.15, 0.2) is 5.96 Å². The van der Waals surface area contributed by atoms with E-state index in [2.05, 4.69) is 52.5 Å². The van der Waals surface area contributed by atoms with Crippen LogP contribution in [-0.4, -0.2) is 49.3 Å². The fraction of sp³-hybridized carbons (Fsp3) is 0.348. The molecule has 0 spiro atoms. The van der Waals surface area contributed by atoms with Crippen molar-refractivity contribution < 1.29 is 9.84 Å². The van der Waals surface area contributed by atoms with E-state index in [0.29, 0.717) is 6.54 Å². The highest BCUT2D eigenvalue weighted by Crippen LogP contribution is 2.22. The molecule has 2 N–H and O–H groups in total. The molecule has 1 aliphatic rings. The van der Waals surface area contributed by atoms with E-state index in [1.807, 2.05) is 30.3 Å². The lowest BCUT2D eigenvalue weighted by atomic mass is 10.00. The molecule has 1 atom stereocenters. The second kappa shape index (κ2) is 11.8. The van der Waals surface area contributed by atoms with E-state index in [4.69, 9.17) is 4.74 Å². The number of nitrogens with one attached hydrogen (secondary N) is 1. The van der Waals surface area contributed by atoms with Gasteiger partial charge in [0.25, 0.3) is 0 Å². The highest BCUT2D eigenvalue weighted by Gasteiger charge is 2.17. The number of hydrogen-bond acceptors (Lipinski definition) is 3. The molecule has 1 unspecified atom stereocenters. The Kier molecular flexibility index (Phi) is 9.47. The van der Waals surface area contributed by atoms with Crippen LogP contribution in [0.4, 0.5) is 0 Å². The Balaban J connectivity index is 0.00000300. The third-order valence-corrected chi connectivity index (χ3v) is 4.90. The summed E-state index contributed by atoms with van der Waals surface area (Å²) in [6.45, 7) is 4.90. The van der Waals surface area contributed by atoms with E-state index in [1.165, 1.54) is 11.1 Å². The highest BCUT2D eigenvalue weighted by atomic mass is 127. The Bertz CT molecular complexity index is 807. The van der Waals surface area contributed by atoms with Crippen molar-refractivity contribution in [2.24, 2.45) is 4.99 Å². The van der Waals surface area contributed by atoms with Crippen LogP contribution in [0, 0.1) is 0 Å². The monoisotopic (exact) mass is 507 g/mol. The van der Waals surface area contributed by atoms with Crippen LogP contribution in [-0.2, 0) is 0 Å². The first-order chi connectivity index (χ1) is 13.7. The molecule has 1 heterocycles. The molecule has 6 heteroatoms. The van der Waals surface area contributed by atoms with Gasteiger partial charge in [0.2, 0.25) is 0 Å². The molecule has 3 rings (SSSR count). The SMILES string of the molecule is CCNC(=NCC(O)c1ccc(OC)cc1)N1CC=C(c2ccccc2)CC1.I. The standard InChI is InChI=1S/C23H29N3O2.HI/c1-3-24-23(25-17-22(27)20-9-11-21(28-2)12-10-20)26-15-13-19(14-16-26)18-7-5-4-6-8-18;/h4-13,22,27H,3,14-17H2,1-2H3,(H,24,25);1H. The third-order valence-electron chi connectivity index (χ3n) is 4.90. The average Bonchev–Trinajstić information content (AvgIpc) is 2.77. The van der Waals surface area contributed by atoms with Crippen molar-refractivity contribution in [2.45, 2.75) is 19.4 Å². The van der Waals surface area contributed by atoms with Crippen molar-refractivity contribution in [2.75, 3.05) is 33.3 Å². The number of hydrogen-bond donors (Lipinski definition) is 2. The topological polar surface area (TPSA) is 57.1 Å². The maximum atomic E-state index is 10.5. The maximum Gasteiger partial charge on any atom is 0.194 e. The minimum Gasteiger partial charge on any atom is -0.497 e. The quantitative estimate of drug-likeness (QED) is 0.351. The Morgan fingerprint density at radius 3 is 2.48 bits per heavy atom. The first-order valence-electron chi connectivity index (χ1n) is 9.81. The van der Waals surface area contributed by atoms with Crippen molar-refractivity contribution in [1.82, 2.24) is 10.2 Å². The van der Waals surface area contributed by atoms with E-state index < -0.39 is 6.10 Å². The number of benzene rings is 2. The number of rotatable bonds is 6. The number of ether oxygens (including phenoxy) is 1. The summed E-state index contributed by atoms with van der Waals surface area (Å²) in [5.74, 6) is 1.63. The van der Waals surface area contributed by atoms with Gasteiger partial charge in [0.1, 0.15) is 5.75 Å². The predicted octanol–water partition coefficient (Wildman–Crippen LogP) is 4.10. The van der Waals surface area contributed by atoms with Crippen molar-refractivity contribution in [3.05, 3.63) is 71.8 Å². The van der Waals surface area contributed by atoms with Crippen molar-refractivity contribution >= 4 is 35.5 Å². The number of guanidine groups is 1. The summed E-state index contributed by atoms with van der Waals surface area (Å²) >= 11 is 0. The molecule has 29 heavy (non-hydrogen) atoms. The number of halogens is 1. The molecule has 1 aliphatic heterocycles. The normalized spacial score (nSPS) is 15.2. The molecule has 2 aromatic carbocycles. The van der Waals surface area contributed by atoms with Crippen LogP contribution in [0.1, 0.15) is 30.6 Å². The van der Waals surface area contributed by atoms with E-state index in [-0.39, 0.29) is 24.0 Å². The van der Waals surface area contributed by atoms with Crippen LogP contribution in [0.25, 0.3) is 5.57 Å². The molecule has 156 valence electrons. The summed E-state index contributed by atoms with van der Waals surface area (Å²) < 4.78 is 5.17. The smallest absolute Gasteiger partial charge is 0.194 e. The van der Waals surface area contributed by atoms with Crippen LogP contribution < -0.4 is 10.1 Å². The molecule has 0 aromatic heterocycles. The van der Waals surface area contributed by atoms with Crippen LogP contribution in [0.15, 0.2) is 65.7 Å². The minimum absolute atomic E-state index is 0. The highest BCUT2D eigenvalue weighted by molar-refractivity contribution is 14.0. The molecule has 5 nitrogen and oxygen atoms in total. The Morgan fingerprint density at radius 1 is 1.17 bits per heavy atom. The first-order valence-corrected chi connectivity index (χ1v) is 9.81. The van der Waals surface area contributed by atoms with Gasteiger partial charge < -0.3 is 20.1 Å². The van der Waals surface area contributed by atoms with Gasteiger partial charge in [-0.25, -0.2) is 0 Å². The number of aliphatic imine (C=N–C) groups is 1. The maximum absolute atomic E-state index is 10.5. The average molecular weight is 507 g/mol. The van der Waals surface area contributed by atoms with Gasteiger partial charge in [0.05, 0.1) is 19.8 Å².